The van der Waals surface area contributed by atoms with E-state index in [0.29, 0.717) is 0 Å². The zero-order valence-electron chi connectivity index (χ0n) is 12.7. The molecule has 1 rings (SSSR count). The summed E-state index contributed by atoms with van der Waals surface area (Å²) < 4.78 is 21.1. The maximum absolute atomic E-state index is 11.3. The zero-order chi connectivity index (χ0) is 16.2. The summed E-state index contributed by atoms with van der Waals surface area (Å²) in [7, 11) is 1.39. The molecule has 1 heterocycles. The molecule has 0 unspecified atom stereocenters. The predicted molar refractivity (Wildman–Crippen MR) is 70.1 cm³/mol. The van der Waals surface area contributed by atoms with Crippen molar-refractivity contribution in [2.75, 3.05) is 7.11 Å². The number of nitrogens with one attached hydrogen (secondary N) is 1. The molecule has 0 bridgehead atoms. The van der Waals surface area contributed by atoms with E-state index in [1.807, 2.05) is 0 Å². The van der Waals surface area contributed by atoms with E-state index in [0.717, 1.165) is 0 Å². The van der Waals surface area contributed by atoms with E-state index >= 15 is 0 Å². The molecule has 1 aliphatic rings. The van der Waals surface area contributed by atoms with Crippen molar-refractivity contribution in [3.63, 3.8) is 0 Å². The molecule has 0 aromatic carbocycles. The Labute approximate surface area is 123 Å². The monoisotopic (exact) mass is 303 g/mol. The van der Waals surface area contributed by atoms with Crippen molar-refractivity contribution in [1.82, 2.24) is 5.32 Å². The molecule has 0 spiro atoms. The Balaban J connectivity index is 3.08. The molecule has 1 aliphatic heterocycles. The molecule has 0 aliphatic carbocycles. The van der Waals surface area contributed by atoms with Crippen molar-refractivity contribution in [1.29, 1.82) is 0 Å². The lowest BCUT2D eigenvalue weighted by atomic mass is 9.96. The fourth-order valence-corrected chi connectivity index (χ4v) is 2.27. The highest BCUT2D eigenvalue weighted by Gasteiger charge is 2.49. The minimum absolute atomic E-state index is 0.315. The Hall–Kier alpha value is -1.67. The van der Waals surface area contributed by atoms with Crippen LogP contribution in [0.15, 0.2) is 0 Å². The third kappa shape index (κ3) is 4.68. The fraction of sp³-hybridized carbons (Fsp3) is 0.769. The quantitative estimate of drug-likeness (QED) is 0.714. The summed E-state index contributed by atoms with van der Waals surface area (Å²) in [6, 6.07) is -0.651. The molecule has 0 radical (unpaired) electrons. The highest BCUT2D eigenvalue weighted by Crippen LogP contribution is 2.26. The highest BCUT2D eigenvalue weighted by atomic mass is 16.7. The number of hydrogen-bond donors (Lipinski definition) is 1. The average molecular weight is 303 g/mol. The van der Waals surface area contributed by atoms with Crippen LogP contribution < -0.4 is 5.32 Å². The molecule has 1 saturated heterocycles. The Morgan fingerprint density at radius 2 is 1.52 bits per heavy atom. The van der Waals surface area contributed by atoms with E-state index in [4.69, 9.17) is 18.9 Å². The molecular formula is C13H21NO7. The molecule has 0 aromatic rings. The minimum atomic E-state index is -0.968. The Bertz CT molecular complexity index is 411. The Morgan fingerprint density at radius 3 is 1.95 bits per heavy atom. The molecule has 1 fully saturated rings. The van der Waals surface area contributed by atoms with Crippen LogP contribution in [0.5, 0.6) is 0 Å². The third-order valence-corrected chi connectivity index (χ3v) is 3.01. The van der Waals surface area contributed by atoms with Gasteiger partial charge in [0.25, 0.3) is 0 Å². The first-order valence-corrected chi connectivity index (χ1v) is 6.56. The molecule has 0 aromatic heterocycles. The summed E-state index contributed by atoms with van der Waals surface area (Å²) in [5.41, 5.74) is 0. The van der Waals surface area contributed by atoms with Crippen LogP contribution in [0.1, 0.15) is 27.7 Å². The average Bonchev–Trinajstić information content (AvgIpc) is 2.35. The van der Waals surface area contributed by atoms with Crippen LogP contribution >= 0.6 is 0 Å². The lowest BCUT2D eigenvalue weighted by Crippen LogP contribution is -2.64. The van der Waals surface area contributed by atoms with E-state index in [1.54, 1.807) is 6.92 Å². The molecular weight excluding hydrogens is 282 g/mol. The molecule has 120 valence electrons. The van der Waals surface area contributed by atoms with Crippen LogP contribution in [0.4, 0.5) is 0 Å². The first-order valence-electron chi connectivity index (χ1n) is 6.56. The maximum Gasteiger partial charge on any atom is 0.303 e. The normalized spacial score (nSPS) is 32.1. The Morgan fingerprint density at radius 1 is 1.00 bits per heavy atom. The van der Waals surface area contributed by atoms with Crippen LogP contribution in [-0.2, 0) is 33.3 Å². The first kappa shape index (κ1) is 17.4. The second kappa shape index (κ2) is 7.37. The third-order valence-electron chi connectivity index (χ3n) is 3.01. The molecule has 1 amide bonds. The molecule has 0 saturated carbocycles. The van der Waals surface area contributed by atoms with Crippen LogP contribution in [0.25, 0.3) is 0 Å². The molecule has 1 N–H and O–H groups in total. The predicted octanol–water partition coefficient (Wildman–Crippen LogP) is -0.254. The number of rotatable bonds is 4. The van der Waals surface area contributed by atoms with Crippen LogP contribution in [0.2, 0.25) is 0 Å². The summed E-state index contributed by atoms with van der Waals surface area (Å²) in [6.07, 6.45) is -3.25. The highest BCUT2D eigenvalue weighted by molar-refractivity contribution is 5.73. The van der Waals surface area contributed by atoms with Crippen molar-refractivity contribution in [2.24, 2.45) is 0 Å². The zero-order valence-corrected chi connectivity index (χ0v) is 12.7. The van der Waals surface area contributed by atoms with Gasteiger partial charge in [-0.05, 0) is 6.92 Å². The number of carbonyl (C=O) groups is 3. The van der Waals surface area contributed by atoms with Crippen LogP contribution in [0.3, 0.4) is 0 Å². The molecule has 8 heteroatoms. The van der Waals surface area contributed by atoms with E-state index in [9.17, 15) is 14.4 Å². The number of esters is 2. The number of methoxy groups -OCH3 is 1. The van der Waals surface area contributed by atoms with E-state index in [1.165, 1.54) is 27.9 Å². The Kier molecular flexibility index (Phi) is 6.10. The second-order valence-electron chi connectivity index (χ2n) is 4.82. The number of carbonyl (C=O) groups excluding carboxylic acids is 3. The van der Waals surface area contributed by atoms with E-state index < -0.39 is 42.6 Å². The lowest BCUT2D eigenvalue weighted by Gasteiger charge is -2.43. The van der Waals surface area contributed by atoms with Crippen molar-refractivity contribution in [2.45, 2.75) is 58.3 Å². The summed E-state index contributed by atoms with van der Waals surface area (Å²) in [6.45, 7) is 5.49. The van der Waals surface area contributed by atoms with Crippen molar-refractivity contribution in [3.05, 3.63) is 0 Å². The largest absolute Gasteiger partial charge is 0.456 e. The second-order valence-corrected chi connectivity index (χ2v) is 4.82. The molecule has 8 nitrogen and oxygen atoms in total. The number of ether oxygens (including phenoxy) is 4. The topological polar surface area (TPSA) is 100 Å². The summed E-state index contributed by atoms with van der Waals surface area (Å²) in [5, 5.41) is 2.65. The standard InChI is InChI=1S/C13H21NO7/c1-6-10(14-7(2)15)11(20-8(3)16)12(21-9(4)17)13(18-5)19-6/h6,10-13H,1-5H3,(H,14,15)/t6-,10-,11+,12-,13+/m1/s1. The maximum atomic E-state index is 11.3. The van der Waals surface area contributed by atoms with Gasteiger partial charge in [-0.2, -0.15) is 0 Å². The lowest BCUT2D eigenvalue weighted by molar-refractivity contribution is -0.272. The van der Waals surface area contributed by atoms with Gasteiger partial charge < -0.3 is 24.3 Å². The summed E-state index contributed by atoms with van der Waals surface area (Å²) in [4.78, 5) is 33.9. The van der Waals surface area contributed by atoms with Gasteiger partial charge in [-0.25, -0.2) is 0 Å². The molecule has 21 heavy (non-hydrogen) atoms. The van der Waals surface area contributed by atoms with Gasteiger partial charge in [0.1, 0.15) is 0 Å². The van der Waals surface area contributed by atoms with Gasteiger partial charge >= 0.3 is 11.9 Å². The van der Waals surface area contributed by atoms with Crippen LogP contribution in [-0.4, -0.2) is 55.6 Å². The summed E-state index contributed by atoms with van der Waals surface area (Å²) >= 11 is 0. The molecule has 5 atom stereocenters. The van der Waals surface area contributed by atoms with Crippen molar-refractivity contribution >= 4 is 17.8 Å². The van der Waals surface area contributed by atoms with E-state index in [-0.39, 0.29) is 5.91 Å². The van der Waals surface area contributed by atoms with Gasteiger partial charge in [0.2, 0.25) is 5.91 Å². The number of hydrogen-bond acceptors (Lipinski definition) is 7. The minimum Gasteiger partial charge on any atom is -0.456 e. The van der Waals surface area contributed by atoms with E-state index in [2.05, 4.69) is 5.32 Å². The SMILES string of the molecule is CO[C@H]1O[C@H](C)[C@@H](NC(C)=O)[C@H](OC(C)=O)[C@H]1OC(C)=O. The summed E-state index contributed by atoms with van der Waals surface area (Å²) in [5.74, 6) is -1.44. The van der Waals surface area contributed by atoms with Gasteiger partial charge in [-0.1, -0.05) is 0 Å². The first-order chi connectivity index (χ1) is 9.76. The van der Waals surface area contributed by atoms with Gasteiger partial charge in [-0.15, -0.1) is 0 Å². The van der Waals surface area contributed by atoms with Crippen molar-refractivity contribution in [3.8, 4) is 0 Å². The fourth-order valence-electron chi connectivity index (χ4n) is 2.27. The van der Waals surface area contributed by atoms with Crippen LogP contribution in [0, 0.1) is 0 Å². The number of amides is 1. The van der Waals surface area contributed by atoms with Gasteiger partial charge in [0.15, 0.2) is 18.5 Å². The smallest absolute Gasteiger partial charge is 0.303 e. The van der Waals surface area contributed by atoms with Gasteiger partial charge in [0.05, 0.1) is 12.1 Å². The van der Waals surface area contributed by atoms with Gasteiger partial charge in [0, 0.05) is 27.9 Å². The van der Waals surface area contributed by atoms with Gasteiger partial charge in [-0.3, -0.25) is 14.4 Å². The van der Waals surface area contributed by atoms with Crippen molar-refractivity contribution < 1.29 is 33.3 Å².